The summed E-state index contributed by atoms with van der Waals surface area (Å²) in [5.74, 6) is -0.632. The molecule has 0 spiro atoms. The van der Waals surface area contributed by atoms with Crippen LogP contribution >= 0.6 is 46.7 Å². The van der Waals surface area contributed by atoms with E-state index >= 15 is 0 Å². The Balaban J connectivity index is 0.000000325. The highest BCUT2D eigenvalue weighted by atomic mass is 35.5. The molecule has 0 bridgehead atoms. The number of nitrogens with zero attached hydrogens (tertiary/aromatic N) is 4. The van der Waals surface area contributed by atoms with E-state index in [2.05, 4.69) is 9.71 Å². The fraction of sp³-hybridized carbons (Fsp3) is 0.500. The molecule has 194 valence electrons. The number of carbonyl (C=O) groups is 4. The number of ether oxygens (including phenoxy) is 1. The number of hydrogen-bond donors (Lipinski definition) is 1. The highest BCUT2D eigenvalue weighted by Gasteiger charge is 2.38. The van der Waals surface area contributed by atoms with Gasteiger partial charge in [0, 0.05) is 49.3 Å². The zero-order valence-corrected chi connectivity index (χ0v) is 22.6. The smallest absolute Gasteiger partial charge is 0.245 e. The number of halogens is 2. The SMILES string of the molecule is C[C@@H](C(=O)N1CCOCC1)N1CC[C@H](NSc2nc3ccc(Cl)cc3s2)C1=O.O=C1CCC(=O)N1Cl. The van der Waals surface area contributed by atoms with Crippen LogP contribution in [0.2, 0.25) is 5.02 Å². The van der Waals surface area contributed by atoms with Gasteiger partial charge < -0.3 is 14.5 Å². The van der Waals surface area contributed by atoms with Crippen molar-refractivity contribution in [2.75, 3.05) is 32.8 Å². The molecule has 3 aliphatic rings. The number of benzene rings is 1. The molecule has 3 fully saturated rings. The van der Waals surface area contributed by atoms with Gasteiger partial charge in [0.05, 0.1) is 29.5 Å². The number of imide groups is 1. The number of amides is 4. The monoisotopic (exact) mass is 573 g/mol. The van der Waals surface area contributed by atoms with Crippen molar-refractivity contribution in [1.82, 2.24) is 23.9 Å². The van der Waals surface area contributed by atoms with E-state index in [0.29, 0.717) is 48.7 Å². The molecule has 10 nitrogen and oxygen atoms in total. The molecular formula is C22H25Cl2N5O5S2. The van der Waals surface area contributed by atoms with E-state index in [-0.39, 0.29) is 42.5 Å². The van der Waals surface area contributed by atoms with Gasteiger partial charge in [0.15, 0.2) is 4.34 Å². The molecule has 0 radical (unpaired) electrons. The first-order valence-electron chi connectivity index (χ1n) is 11.4. The number of aromatic nitrogens is 1. The number of fused-ring (bicyclic) bond motifs is 1. The number of hydrogen-bond acceptors (Lipinski definition) is 9. The van der Waals surface area contributed by atoms with Crippen LogP contribution in [0.1, 0.15) is 26.2 Å². The normalized spacial score (nSPS) is 21.2. The van der Waals surface area contributed by atoms with Crippen LogP contribution in [0.5, 0.6) is 0 Å². The fourth-order valence-electron chi connectivity index (χ4n) is 3.97. The van der Waals surface area contributed by atoms with Crippen molar-refractivity contribution in [3.63, 3.8) is 0 Å². The Morgan fingerprint density at radius 2 is 1.89 bits per heavy atom. The first-order valence-corrected chi connectivity index (χ1v) is 13.8. The van der Waals surface area contributed by atoms with Crippen molar-refractivity contribution in [2.45, 2.75) is 42.6 Å². The highest BCUT2D eigenvalue weighted by Crippen LogP contribution is 2.31. The Morgan fingerprint density at radius 3 is 2.53 bits per heavy atom. The summed E-state index contributed by atoms with van der Waals surface area (Å²) < 4.78 is 11.0. The number of carbonyl (C=O) groups excluding carboxylic acids is 4. The van der Waals surface area contributed by atoms with Gasteiger partial charge in [-0.1, -0.05) is 11.6 Å². The lowest BCUT2D eigenvalue weighted by Crippen LogP contribution is -2.52. The predicted octanol–water partition coefficient (Wildman–Crippen LogP) is 2.68. The summed E-state index contributed by atoms with van der Waals surface area (Å²) in [6.45, 7) is 4.67. The maximum absolute atomic E-state index is 12.8. The molecule has 2 aromatic rings. The maximum atomic E-state index is 12.8. The van der Waals surface area contributed by atoms with Gasteiger partial charge in [-0.3, -0.25) is 19.2 Å². The average Bonchev–Trinajstić information content (AvgIpc) is 3.55. The molecule has 14 heteroatoms. The highest BCUT2D eigenvalue weighted by molar-refractivity contribution is 7.99. The molecule has 0 saturated carbocycles. The Labute approximate surface area is 226 Å². The Morgan fingerprint density at radius 1 is 1.19 bits per heavy atom. The van der Waals surface area contributed by atoms with Crippen LogP contribution in [-0.4, -0.2) is 87.8 Å². The van der Waals surface area contributed by atoms with Crippen molar-refractivity contribution < 1.29 is 23.9 Å². The summed E-state index contributed by atoms with van der Waals surface area (Å²) in [5.41, 5.74) is 0.891. The van der Waals surface area contributed by atoms with Crippen LogP contribution in [0.15, 0.2) is 22.5 Å². The molecule has 36 heavy (non-hydrogen) atoms. The summed E-state index contributed by atoms with van der Waals surface area (Å²) in [6, 6.07) is 4.82. The number of morpholine rings is 1. The summed E-state index contributed by atoms with van der Waals surface area (Å²) in [6.07, 6.45) is 1.20. The molecule has 1 aromatic carbocycles. The van der Waals surface area contributed by atoms with Crippen LogP contribution in [0.25, 0.3) is 10.2 Å². The predicted molar refractivity (Wildman–Crippen MR) is 138 cm³/mol. The first kappa shape index (κ1) is 27.1. The second-order valence-corrected chi connectivity index (χ2v) is 11.3. The molecule has 1 N–H and O–H groups in total. The van der Waals surface area contributed by atoms with Crippen LogP contribution in [0.4, 0.5) is 0 Å². The van der Waals surface area contributed by atoms with Gasteiger partial charge in [0.1, 0.15) is 6.04 Å². The lowest BCUT2D eigenvalue weighted by molar-refractivity contribution is -0.146. The minimum absolute atomic E-state index is 0.00648. The van der Waals surface area contributed by atoms with Crippen LogP contribution in [0, 0.1) is 0 Å². The van der Waals surface area contributed by atoms with Gasteiger partial charge in [0.2, 0.25) is 23.6 Å². The third-order valence-electron chi connectivity index (χ3n) is 6.00. The van der Waals surface area contributed by atoms with Crippen molar-refractivity contribution in [2.24, 2.45) is 0 Å². The van der Waals surface area contributed by atoms with Crippen molar-refractivity contribution in [3.05, 3.63) is 23.2 Å². The summed E-state index contributed by atoms with van der Waals surface area (Å²) >= 11 is 14.1. The second-order valence-electron chi connectivity index (χ2n) is 8.37. The number of rotatable bonds is 5. The fourth-order valence-corrected chi connectivity index (χ4v) is 6.30. The lowest BCUT2D eigenvalue weighted by atomic mass is 10.2. The molecule has 0 unspecified atom stereocenters. The molecule has 5 rings (SSSR count). The van der Waals surface area contributed by atoms with Gasteiger partial charge in [-0.2, -0.15) is 4.42 Å². The topological polar surface area (TPSA) is 112 Å². The Bertz CT molecular complexity index is 1140. The largest absolute Gasteiger partial charge is 0.378 e. The summed E-state index contributed by atoms with van der Waals surface area (Å²) in [4.78, 5) is 54.2. The van der Waals surface area contributed by atoms with Gasteiger partial charge in [0.25, 0.3) is 0 Å². The second kappa shape index (κ2) is 12.1. The van der Waals surface area contributed by atoms with E-state index in [9.17, 15) is 19.2 Å². The van der Waals surface area contributed by atoms with Gasteiger partial charge in [-0.25, -0.2) is 9.71 Å². The molecule has 1 aromatic heterocycles. The maximum Gasteiger partial charge on any atom is 0.245 e. The minimum Gasteiger partial charge on any atom is -0.378 e. The van der Waals surface area contributed by atoms with E-state index < -0.39 is 6.04 Å². The molecule has 4 heterocycles. The molecule has 4 amide bonds. The summed E-state index contributed by atoms with van der Waals surface area (Å²) in [5, 5.41) is 0.682. The standard InChI is InChI=1S/C18H21ClN4O3S2.C4H4ClNO2/c1-11(16(24)22-6-8-26-9-7-22)23-5-4-14(17(23)25)21-28-18-20-13-3-2-12(19)10-15(13)27-18;5-6-3(7)1-2-4(6)8/h2-3,10-11,14,21H,4-9H2,1H3;1-2H2/t11-,14-;/m0./s1. The van der Waals surface area contributed by atoms with Crippen molar-refractivity contribution in [1.29, 1.82) is 0 Å². The van der Waals surface area contributed by atoms with Crippen LogP contribution < -0.4 is 4.72 Å². The molecule has 3 saturated heterocycles. The number of likely N-dealkylation sites (tertiary alicyclic amines) is 1. The molecule has 3 aliphatic heterocycles. The van der Waals surface area contributed by atoms with E-state index in [4.69, 9.17) is 28.1 Å². The van der Waals surface area contributed by atoms with Gasteiger partial charge in [-0.15, -0.1) is 11.3 Å². The Hall–Kier alpha value is -1.96. The molecular weight excluding hydrogens is 549 g/mol. The van der Waals surface area contributed by atoms with E-state index in [1.165, 1.54) is 23.3 Å². The van der Waals surface area contributed by atoms with E-state index in [1.54, 1.807) is 9.80 Å². The zero-order chi connectivity index (χ0) is 25.8. The van der Waals surface area contributed by atoms with Crippen molar-refractivity contribution >= 4 is 80.5 Å². The third kappa shape index (κ3) is 6.29. The summed E-state index contributed by atoms with van der Waals surface area (Å²) in [7, 11) is 0. The van der Waals surface area contributed by atoms with E-state index in [0.717, 1.165) is 14.6 Å². The average molecular weight is 575 g/mol. The number of thiazole rings is 1. The lowest BCUT2D eigenvalue weighted by Gasteiger charge is -2.32. The minimum atomic E-state index is -0.452. The quantitative estimate of drug-likeness (QED) is 0.330. The van der Waals surface area contributed by atoms with Gasteiger partial charge >= 0.3 is 0 Å². The van der Waals surface area contributed by atoms with Gasteiger partial charge in [-0.05, 0) is 43.5 Å². The third-order valence-corrected chi connectivity index (χ3v) is 8.59. The first-order chi connectivity index (χ1) is 17.2. The Kier molecular flexibility index (Phi) is 9.07. The zero-order valence-electron chi connectivity index (χ0n) is 19.4. The van der Waals surface area contributed by atoms with Crippen LogP contribution in [0.3, 0.4) is 0 Å². The molecule has 2 atom stereocenters. The molecule has 0 aliphatic carbocycles. The van der Waals surface area contributed by atoms with Crippen LogP contribution in [-0.2, 0) is 23.9 Å². The number of nitrogens with one attached hydrogen (secondary N) is 1. The van der Waals surface area contributed by atoms with Crippen molar-refractivity contribution in [3.8, 4) is 0 Å². The van der Waals surface area contributed by atoms with E-state index in [1.807, 2.05) is 25.1 Å².